The van der Waals surface area contributed by atoms with Crippen LogP contribution >= 0.6 is 11.6 Å². The average molecular weight is 424 g/mol. The molecule has 0 spiro atoms. The van der Waals surface area contributed by atoms with Crippen LogP contribution in [0.1, 0.15) is 38.2 Å². The quantitative estimate of drug-likeness (QED) is 0.498. The molecule has 0 fully saturated rings. The van der Waals surface area contributed by atoms with Crippen molar-refractivity contribution in [3.8, 4) is 11.5 Å². The monoisotopic (exact) mass is 423 g/mol. The van der Waals surface area contributed by atoms with E-state index in [4.69, 9.17) is 21.1 Å². The number of hydrogen-bond acceptors (Lipinski definition) is 3. The normalized spacial score (nSPS) is 10.6. The van der Waals surface area contributed by atoms with Gasteiger partial charge >= 0.3 is 0 Å². The van der Waals surface area contributed by atoms with E-state index in [0.29, 0.717) is 22.9 Å². The number of benzene rings is 3. The van der Waals surface area contributed by atoms with Gasteiger partial charge in [0.25, 0.3) is 5.91 Å². The molecule has 1 amide bonds. The largest absolute Gasteiger partial charge is 0.496 e. The molecule has 0 aliphatic carbocycles. The van der Waals surface area contributed by atoms with Gasteiger partial charge in [0, 0.05) is 21.8 Å². The number of halogens is 1. The van der Waals surface area contributed by atoms with Crippen LogP contribution in [0.3, 0.4) is 0 Å². The van der Waals surface area contributed by atoms with E-state index in [0.717, 1.165) is 33.7 Å². The molecule has 3 aromatic carbocycles. The van der Waals surface area contributed by atoms with Crippen molar-refractivity contribution < 1.29 is 14.3 Å². The van der Waals surface area contributed by atoms with E-state index >= 15 is 0 Å². The van der Waals surface area contributed by atoms with Crippen molar-refractivity contribution in [2.75, 3.05) is 12.4 Å². The number of methoxy groups -OCH3 is 1. The third-order valence-electron chi connectivity index (χ3n) is 5.13. The summed E-state index contributed by atoms with van der Waals surface area (Å²) in [7, 11) is 1.61. The minimum Gasteiger partial charge on any atom is -0.496 e. The van der Waals surface area contributed by atoms with Crippen LogP contribution in [0.5, 0.6) is 11.5 Å². The minimum atomic E-state index is -0.202. The number of carbonyl (C=O) groups excluding carboxylic acids is 1. The zero-order chi connectivity index (χ0) is 21.8. The second-order valence-corrected chi connectivity index (χ2v) is 7.87. The molecule has 4 nitrogen and oxygen atoms in total. The van der Waals surface area contributed by atoms with Gasteiger partial charge in [0.15, 0.2) is 0 Å². The second kappa shape index (κ2) is 9.23. The van der Waals surface area contributed by atoms with Gasteiger partial charge in [-0.25, -0.2) is 0 Å². The predicted octanol–water partition coefficient (Wildman–Crippen LogP) is 6.41. The van der Waals surface area contributed by atoms with Crippen molar-refractivity contribution in [2.45, 2.75) is 34.3 Å². The van der Waals surface area contributed by atoms with Crippen LogP contribution in [0.25, 0.3) is 0 Å². The summed E-state index contributed by atoms with van der Waals surface area (Å²) in [6.07, 6.45) is 0. The maximum Gasteiger partial charge on any atom is 0.255 e. The number of anilines is 1. The number of aryl methyl sites for hydroxylation is 3. The van der Waals surface area contributed by atoms with Gasteiger partial charge in [-0.3, -0.25) is 4.79 Å². The molecule has 0 atom stereocenters. The van der Waals surface area contributed by atoms with E-state index in [2.05, 4.69) is 18.3 Å². The Balaban J connectivity index is 1.82. The number of ether oxygens (including phenoxy) is 2. The lowest BCUT2D eigenvalue weighted by Crippen LogP contribution is -2.13. The second-order valence-electron chi connectivity index (χ2n) is 7.43. The van der Waals surface area contributed by atoms with Crippen LogP contribution in [-0.2, 0) is 6.61 Å². The summed E-state index contributed by atoms with van der Waals surface area (Å²) in [6, 6.07) is 14.9. The average Bonchev–Trinajstić information content (AvgIpc) is 2.71. The lowest BCUT2D eigenvalue weighted by molar-refractivity contribution is 0.102. The first-order valence-corrected chi connectivity index (χ1v) is 10.1. The highest BCUT2D eigenvalue weighted by atomic mass is 35.5. The maximum absolute atomic E-state index is 12.8. The Hall–Kier alpha value is -2.98. The maximum atomic E-state index is 12.8. The third kappa shape index (κ3) is 4.95. The van der Waals surface area contributed by atoms with Gasteiger partial charge in [0.1, 0.15) is 18.1 Å². The molecule has 156 valence electrons. The molecule has 0 bridgehead atoms. The summed E-state index contributed by atoms with van der Waals surface area (Å²) >= 11 is 6.00. The molecule has 0 saturated carbocycles. The van der Waals surface area contributed by atoms with Crippen LogP contribution in [0.15, 0.2) is 48.5 Å². The topological polar surface area (TPSA) is 47.6 Å². The summed E-state index contributed by atoms with van der Waals surface area (Å²) in [5.74, 6) is 1.31. The number of hydrogen-bond donors (Lipinski definition) is 1. The molecule has 0 saturated heterocycles. The highest BCUT2D eigenvalue weighted by Crippen LogP contribution is 2.27. The van der Waals surface area contributed by atoms with Gasteiger partial charge in [-0.05, 0) is 92.4 Å². The van der Waals surface area contributed by atoms with Crippen LogP contribution in [-0.4, -0.2) is 13.0 Å². The molecule has 30 heavy (non-hydrogen) atoms. The van der Waals surface area contributed by atoms with Gasteiger partial charge in [-0.1, -0.05) is 17.7 Å². The Morgan fingerprint density at radius 2 is 1.70 bits per heavy atom. The first-order chi connectivity index (χ1) is 14.3. The summed E-state index contributed by atoms with van der Waals surface area (Å²) in [6.45, 7) is 8.36. The number of rotatable bonds is 6. The SMILES string of the molecule is COc1ccc(C(=O)Nc2ccc(Cl)cc2C)cc1COc1cc(C)cc(C)c1C. The first kappa shape index (κ1) is 21.7. The van der Waals surface area contributed by atoms with Crippen LogP contribution in [0, 0.1) is 27.7 Å². The van der Waals surface area contributed by atoms with Crippen LogP contribution in [0.2, 0.25) is 5.02 Å². The zero-order valence-corrected chi connectivity index (χ0v) is 18.7. The molecule has 1 N–H and O–H groups in total. The van der Waals surface area contributed by atoms with Gasteiger partial charge in [-0.2, -0.15) is 0 Å². The van der Waals surface area contributed by atoms with Crippen molar-refractivity contribution in [1.29, 1.82) is 0 Å². The first-order valence-electron chi connectivity index (χ1n) is 9.73. The Labute approximate surface area is 182 Å². The Bertz CT molecular complexity index is 1090. The van der Waals surface area contributed by atoms with Crippen LogP contribution in [0.4, 0.5) is 5.69 Å². The standard InChI is InChI=1S/C25H26ClNO3/c1-15-10-16(2)18(4)24(11-15)30-14-20-13-19(6-9-23(20)29-5)25(28)27-22-8-7-21(26)12-17(22)3/h6-13H,14H2,1-5H3,(H,27,28). The zero-order valence-electron chi connectivity index (χ0n) is 17.9. The molecule has 0 radical (unpaired) electrons. The summed E-state index contributed by atoms with van der Waals surface area (Å²) < 4.78 is 11.6. The third-order valence-corrected chi connectivity index (χ3v) is 5.36. The smallest absolute Gasteiger partial charge is 0.255 e. The molecule has 0 aromatic heterocycles. The van der Waals surface area contributed by atoms with Gasteiger partial charge in [0.2, 0.25) is 0 Å². The predicted molar refractivity (Wildman–Crippen MR) is 122 cm³/mol. The van der Waals surface area contributed by atoms with Crippen molar-refractivity contribution >= 4 is 23.2 Å². The molecule has 3 aromatic rings. The molecule has 0 aliphatic rings. The van der Waals surface area contributed by atoms with Gasteiger partial charge in [-0.15, -0.1) is 0 Å². The van der Waals surface area contributed by atoms with E-state index in [1.54, 1.807) is 37.4 Å². The van der Waals surface area contributed by atoms with Crippen molar-refractivity contribution in [3.05, 3.63) is 86.9 Å². The summed E-state index contributed by atoms with van der Waals surface area (Å²) in [5, 5.41) is 3.57. The summed E-state index contributed by atoms with van der Waals surface area (Å²) in [5.41, 5.74) is 6.39. The number of amides is 1. The van der Waals surface area contributed by atoms with E-state index in [-0.39, 0.29) is 5.91 Å². The fourth-order valence-corrected chi connectivity index (χ4v) is 3.53. The highest BCUT2D eigenvalue weighted by molar-refractivity contribution is 6.30. The fraction of sp³-hybridized carbons (Fsp3) is 0.240. The molecule has 0 aliphatic heterocycles. The van der Waals surface area contributed by atoms with Crippen LogP contribution < -0.4 is 14.8 Å². The molecule has 5 heteroatoms. The lowest BCUT2D eigenvalue weighted by atomic mass is 10.1. The molecule has 0 unspecified atom stereocenters. The number of carbonyl (C=O) groups is 1. The van der Waals surface area contributed by atoms with Crippen molar-refractivity contribution in [3.63, 3.8) is 0 Å². The van der Waals surface area contributed by atoms with Gasteiger partial charge in [0.05, 0.1) is 7.11 Å². The van der Waals surface area contributed by atoms with E-state index < -0.39 is 0 Å². The summed E-state index contributed by atoms with van der Waals surface area (Å²) in [4.78, 5) is 12.8. The Morgan fingerprint density at radius 3 is 2.40 bits per heavy atom. The Morgan fingerprint density at radius 1 is 0.933 bits per heavy atom. The Kier molecular flexibility index (Phi) is 6.68. The molecular formula is C25H26ClNO3. The van der Waals surface area contributed by atoms with Crippen molar-refractivity contribution in [2.24, 2.45) is 0 Å². The molecule has 0 heterocycles. The minimum absolute atomic E-state index is 0.202. The number of nitrogens with one attached hydrogen (secondary N) is 1. The fourth-order valence-electron chi connectivity index (χ4n) is 3.30. The molecular weight excluding hydrogens is 398 g/mol. The highest BCUT2D eigenvalue weighted by Gasteiger charge is 2.13. The van der Waals surface area contributed by atoms with E-state index in [1.165, 1.54) is 5.56 Å². The van der Waals surface area contributed by atoms with E-state index in [1.807, 2.05) is 32.9 Å². The lowest BCUT2D eigenvalue weighted by Gasteiger charge is -2.15. The van der Waals surface area contributed by atoms with Crippen molar-refractivity contribution in [1.82, 2.24) is 0 Å². The molecule has 3 rings (SSSR count). The van der Waals surface area contributed by atoms with Gasteiger partial charge < -0.3 is 14.8 Å². The van der Waals surface area contributed by atoms with E-state index in [9.17, 15) is 4.79 Å².